The molecule has 5 rings (SSSR count). The zero-order valence-corrected chi connectivity index (χ0v) is 20.0. The third-order valence-electron chi connectivity index (χ3n) is 6.17. The van der Waals surface area contributed by atoms with Gasteiger partial charge in [0.1, 0.15) is 17.1 Å². The summed E-state index contributed by atoms with van der Waals surface area (Å²) in [5.41, 5.74) is 0.475. The van der Waals surface area contributed by atoms with E-state index in [4.69, 9.17) is 14.6 Å². The predicted molar refractivity (Wildman–Crippen MR) is 127 cm³/mol. The summed E-state index contributed by atoms with van der Waals surface area (Å²) in [6.07, 6.45) is 0.655. The van der Waals surface area contributed by atoms with Crippen molar-refractivity contribution in [3.05, 3.63) is 78.6 Å². The number of carbonyl (C=O) groups is 3. The quantitative estimate of drug-likeness (QED) is 0.532. The van der Waals surface area contributed by atoms with E-state index >= 15 is 0 Å². The number of piperidine rings is 1. The Morgan fingerprint density at radius 3 is 2.26 bits per heavy atom. The summed E-state index contributed by atoms with van der Waals surface area (Å²) >= 11 is 0. The van der Waals surface area contributed by atoms with E-state index in [1.165, 1.54) is 0 Å². The van der Waals surface area contributed by atoms with Gasteiger partial charge in [-0.1, -0.05) is 24.3 Å². The number of carboxylic acids is 1. The van der Waals surface area contributed by atoms with Crippen molar-refractivity contribution in [2.75, 3.05) is 18.4 Å². The average Bonchev–Trinajstić information content (AvgIpc) is 3.40. The fourth-order valence-electron chi connectivity index (χ4n) is 4.34. The molecule has 2 amide bonds. The lowest BCUT2D eigenvalue weighted by Crippen LogP contribution is -2.54. The van der Waals surface area contributed by atoms with Gasteiger partial charge in [-0.05, 0) is 24.3 Å². The van der Waals surface area contributed by atoms with Crippen LogP contribution in [0.5, 0.6) is 0 Å². The molecule has 2 aliphatic rings. The number of carbonyl (C=O) groups excluding carboxylic acids is 2. The van der Waals surface area contributed by atoms with E-state index in [2.05, 4.69) is 15.3 Å². The first kappa shape index (κ1) is 26.8. The van der Waals surface area contributed by atoms with Crippen LogP contribution < -0.4 is 5.32 Å². The number of hydrogen-bond acceptors (Lipinski definition) is 6. The molecule has 0 aliphatic carbocycles. The van der Waals surface area contributed by atoms with E-state index in [0.717, 1.165) is 11.5 Å². The molecule has 38 heavy (non-hydrogen) atoms. The number of nitrogens with zero attached hydrogens (tertiary/aromatic N) is 4. The van der Waals surface area contributed by atoms with Crippen molar-refractivity contribution >= 4 is 23.5 Å². The van der Waals surface area contributed by atoms with E-state index in [1.54, 1.807) is 29.4 Å². The number of likely N-dealkylation sites (tertiary alicyclic amines) is 1. The van der Waals surface area contributed by atoms with E-state index in [9.17, 15) is 22.8 Å². The maximum Gasteiger partial charge on any atom is 0.490 e. The third kappa shape index (κ3) is 5.99. The number of imidazole rings is 1. The number of halogens is 3. The van der Waals surface area contributed by atoms with Crippen LogP contribution in [-0.4, -0.2) is 67.7 Å². The molecular formula is C25H24F3N5O5. The van der Waals surface area contributed by atoms with Crippen LogP contribution in [0.15, 0.2) is 67.1 Å². The second kappa shape index (κ2) is 11.0. The van der Waals surface area contributed by atoms with E-state index in [1.807, 2.05) is 47.2 Å². The van der Waals surface area contributed by atoms with Crippen molar-refractivity contribution in [1.82, 2.24) is 19.4 Å². The molecule has 2 N–H and O–H groups in total. The highest BCUT2D eigenvalue weighted by Gasteiger charge is 2.47. The summed E-state index contributed by atoms with van der Waals surface area (Å²) in [5, 5.41) is 10.1. The molecule has 10 nitrogen and oxygen atoms in total. The Kier molecular flexibility index (Phi) is 7.76. The molecule has 13 heteroatoms. The van der Waals surface area contributed by atoms with Gasteiger partial charge in [0.05, 0.1) is 6.54 Å². The number of benzene rings is 1. The van der Waals surface area contributed by atoms with Crippen LogP contribution in [0.25, 0.3) is 0 Å². The van der Waals surface area contributed by atoms with E-state index in [-0.39, 0.29) is 11.8 Å². The lowest BCUT2D eigenvalue weighted by Gasteiger charge is -2.45. The molecule has 1 unspecified atom stereocenters. The minimum absolute atomic E-state index is 0.0898. The number of nitrogens with one attached hydrogen (secondary N) is 1. The lowest BCUT2D eigenvalue weighted by molar-refractivity contribution is -0.192. The van der Waals surface area contributed by atoms with Crippen molar-refractivity contribution in [2.45, 2.75) is 37.3 Å². The molecule has 0 bridgehead atoms. The monoisotopic (exact) mass is 531 g/mol. The van der Waals surface area contributed by atoms with Crippen LogP contribution in [0, 0.1) is 0 Å². The van der Waals surface area contributed by atoms with Crippen LogP contribution in [-0.2, 0) is 26.5 Å². The molecule has 1 fully saturated rings. The molecule has 3 aromatic rings. The zero-order chi connectivity index (χ0) is 27.3. The molecule has 4 heterocycles. The Morgan fingerprint density at radius 2 is 1.66 bits per heavy atom. The number of carboxylic acid groups (broad SMARTS) is 1. The molecule has 0 saturated carbocycles. The number of rotatable bonds is 3. The van der Waals surface area contributed by atoms with Crippen molar-refractivity contribution in [2.24, 2.45) is 0 Å². The SMILES string of the molecule is O=C(Nc1ccccc1)C1Cn2ccnc2C2(CCN(C(=O)c3ccccn3)CC2)O1.O=C(O)C(F)(F)F. The van der Waals surface area contributed by atoms with Gasteiger partial charge in [-0.2, -0.15) is 13.2 Å². The van der Waals surface area contributed by atoms with Gasteiger partial charge in [-0.3, -0.25) is 14.6 Å². The normalized spacial score (nSPS) is 18.1. The van der Waals surface area contributed by atoms with Crippen LogP contribution in [0.1, 0.15) is 29.2 Å². The fraction of sp³-hybridized carbons (Fsp3) is 0.320. The summed E-state index contributed by atoms with van der Waals surface area (Å²) in [4.78, 5) is 45.1. The topological polar surface area (TPSA) is 127 Å². The van der Waals surface area contributed by atoms with Gasteiger partial charge in [0.2, 0.25) is 0 Å². The number of alkyl halides is 3. The maximum atomic E-state index is 12.9. The maximum absolute atomic E-state index is 12.9. The third-order valence-corrected chi connectivity index (χ3v) is 6.17. The molecule has 1 saturated heterocycles. The minimum Gasteiger partial charge on any atom is -0.475 e. The first-order valence-electron chi connectivity index (χ1n) is 11.6. The predicted octanol–water partition coefficient (Wildman–Crippen LogP) is 3.08. The number of ether oxygens (including phenoxy) is 1. The molecular weight excluding hydrogens is 507 g/mol. The number of aromatic nitrogens is 3. The Hall–Kier alpha value is -4.26. The highest BCUT2D eigenvalue weighted by atomic mass is 19.4. The van der Waals surface area contributed by atoms with Crippen molar-refractivity contribution < 1.29 is 37.4 Å². The Bertz CT molecular complexity index is 1280. The lowest BCUT2D eigenvalue weighted by atomic mass is 9.88. The summed E-state index contributed by atoms with van der Waals surface area (Å²) in [6, 6.07) is 14.7. The summed E-state index contributed by atoms with van der Waals surface area (Å²) in [7, 11) is 0. The Labute approximate surface area is 215 Å². The number of anilines is 1. The van der Waals surface area contributed by atoms with Crippen molar-refractivity contribution in [1.29, 1.82) is 0 Å². The highest BCUT2D eigenvalue weighted by molar-refractivity contribution is 5.94. The smallest absolute Gasteiger partial charge is 0.475 e. The molecule has 2 aromatic heterocycles. The van der Waals surface area contributed by atoms with Crippen LogP contribution in [0.2, 0.25) is 0 Å². The largest absolute Gasteiger partial charge is 0.490 e. The van der Waals surface area contributed by atoms with Crippen LogP contribution in [0.3, 0.4) is 0 Å². The molecule has 200 valence electrons. The number of hydrogen-bond donors (Lipinski definition) is 2. The second-order valence-corrected chi connectivity index (χ2v) is 8.67. The molecule has 2 aliphatic heterocycles. The first-order chi connectivity index (χ1) is 18.1. The number of pyridine rings is 1. The molecule has 1 atom stereocenters. The van der Waals surface area contributed by atoms with Gasteiger partial charge in [-0.15, -0.1) is 0 Å². The van der Waals surface area contributed by atoms with E-state index in [0.29, 0.717) is 38.2 Å². The minimum atomic E-state index is -5.08. The van der Waals surface area contributed by atoms with Gasteiger partial charge >= 0.3 is 12.1 Å². The Balaban J connectivity index is 0.000000426. The Morgan fingerprint density at radius 1 is 1.00 bits per heavy atom. The van der Waals surface area contributed by atoms with Crippen LogP contribution >= 0.6 is 0 Å². The fourth-order valence-corrected chi connectivity index (χ4v) is 4.34. The number of amides is 2. The summed E-state index contributed by atoms with van der Waals surface area (Å²) < 4.78 is 40.1. The standard InChI is InChI=1S/C23H23N5O3.C2HF3O2/c29-20(26-17-6-2-1-3-7-17)19-16-28-15-12-25-22(28)23(31-19)9-13-27(14-10-23)21(30)18-8-4-5-11-24-18;3-2(4,5)1(6)7/h1-8,11-12,15,19H,9-10,13-14,16H2,(H,26,29);(H,6,7). The van der Waals surface area contributed by atoms with Crippen LogP contribution in [0.4, 0.5) is 18.9 Å². The average molecular weight is 531 g/mol. The summed E-state index contributed by atoms with van der Waals surface area (Å²) in [5.74, 6) is -2.21. The van der Waals surface area contributed by atoms with Gasteiger partial charge in [0.15, 0.2) is 6.10 Å². The van der Waals surface area contributed by atoms with Gasteiger partial charge in [0, 0.05) is 50.2 Å². The first-order valence-corrected chi connectivity index (χ1v) is 11.6. The number of para-hydroxylation sites is 1. The molecule has 1 aromatic carbocycles. The zero-order valence-electron chi connectivity index (χ0n) is 20.0. The van der Waals surface area contributed by atoms with Gasteiger partial charge in [0.25, 0.3) is 11.8 Å². The summed E-state index contributed by atoms with van der Waals surface area (Å²) in [6.45, 7) is 1.43. The van der Waals surface area contributed by atoms with Gasteiger partial charge in [-0.25, -0.2) is 9.78 Å². The molecule has 1 spiro atoms. The van der Waals surface area contributed by atoms with Crippen molar-refractivity contribution in [3.63, 3.8) is 0 Å². The van der Waals surface area contributed by atoms with Crippen molar-refractivity contribution in [3.8, 4) is 0 Å². The number of fused-ring (bicyclic) bond motifs is 2. The molecule has 0 radical (unpaired) electrons. The highest BCUT2D eigenvalue weighted by Crippen LogP contribution is 2.40. The van der Waals surface area contributed by atoms with Gasteiger partial charge < -0.3 is 24.6 Å². The van der Waals surface area contributed by atoms with E-state index < -0.39 is 23.9 Å². The second-order valence-electron chi connectivity index (χ2n) is 8.67. The number of aliphatic carboxylic acids is 1.